The molecule has 0 aromatic rings. The lowest BCUT2D eigenvalue weighted by Gasteiger charge is -2.21. The van der Waals surface area contributed by atoms with Crippen LogP contribution in [-0.2, 0) is 19.6 Å². The predicted molar refractivity (Wildman–Crippen MR) is 48.4 cm³/mol. The highest BCUT2D eigenvalue weighted by molar-refractivity contribution is 7.87. The van der Waals surface area contributed by atoms with Crippen LogP contribution in [0.5, 0.6) is 0 Å². The summed E-state index contributed by atoms with van der Waals surface area (Å²) in [4.78, 5) is 8.03. The van der Waals surface area contributed by atoms with E-state index in [1.54, 1.807) is 0 Å². The molecule has 0 spiro atoms. The van der Waals surface area contributed by atoms with Gasteiger partial charge in [-0.1, -0.05) is 13.3 Å². The molecule has 0 aliphatic heterocycles. The maximum Gasteiger partial charge on any atom is 0.354 e. The number of ether oxygens (including phenoxy) is 1. The molecule has 6 nitrogen and oxygen atoms in total. The van der Waals surface area contributed by atoms with Crippen LogP contribution in [0.1, 0.15) is 26.7 Å². The van der Waals surface area contributed by atoms with Gasteiger partial charge in [0.15, 0.2) is 0 Å². The van der Waals surface area contributed by atoms with Gasteiger partial charge in [0.1, 0.15) is 0 Å². The van der Waals surface area contributed by atoms with Crippen LogP contribution in [-0.4, -0.2) is 35.6 Å². The molecule has 0 aromatic carbocycles. The lowest BCUT2D eigenvalue weighted by atomic mass is 10.3. The first-order chi connectivity index (χ1) is 6.25. The molecule has 7 heteroatoms. The van der Waals surface area contributed by atoms with E-state index in [1.165, 1.54) is 0 Å². The van der Waals surface area contributed by atoms with Gasteiger partial charge in [0.05, 0.1) is 0 Å². The van der Waals surface area contributed by atoms with Crippen molar-refractivity contribution in [2.45, 2.75) is 31.6 Å². The number of carboxylic acid groups (broad SMARTS) is 1. The van der Waals surface area contributed by atoms with E-state index in [0.717, 1.165) is 13.3 Å². The van der Waals surface area contributed by atoms with Gasteiger partial charge in [0.25, 0.3) is 4.93 Å². The minimum Gasteiger partial charge on any atom is -0.478 e. The van der Waals surface area contributed by atoms with E-state index in [4.69, 9.17) is 9.66 Å². The molecule has 84 valence electrons. The van der Waals surface area contributed by atoms with Crippen molar-refractivity contribution in [3.63, 3.8) is 0 Å². The molecule has 0 bridgehead atoms. The maximum absolute atomic E-state index is 10.7. The van der Waals surface area contributed by atoms with Gasteiger partial charge in [-0.05, 0) is 13.3 Å². The standard InChI is InChI=1S/C7H14O6S/c1-3-4-5-13-7(2,6(8)9)14(10,11)12/h3-5H2,1-2H3,(H,8,9)(H,10,11,12). The summed E-state index contributed by atoms with van der Waals surface area (Å²) in [5.74, 6) is -1.73. The predicted octanol–water partition coefficient (Wildman–Crippen LogP) is 0.492. The number of aliphatic carboxylic acids is 1. The molecule has 14 heavy (non-hydrogen) atoms. The van der Waals surface area contributed by atoms with Gasteiger partial charge >= 0.3 is 16.1 Å². The van der Waals surface area contributed by atoms with Crippen LogP contribution in [0.3, 0.4) is 0 Å². The zero-order chi connectivity index (χ0) is 11.4. The number of unbranched alkanes of at least 4 members (excludes halogenated alkanes) is 1. The largest absolute Gasteiger partial charge is 0.478 e. The monoisotopic (exact) mass is 226 g/mol. The molecule has 0 rings (SSSR count). The molecule has 0 heterocycles. The summed E-state index contributed by atoms with van der Waals surface area (Å²) in [6.45, 7) is 2.62. The van der Waals surface area contributed by atoms with E-state index < -0.39 is 21.0 Å². The van der Waals surface area contributed by atoms with Crippen molar-refractivity contribution < 1.29 is 27.6 Å². The normalized spacial score (nSPS) is 16.2. The van der Waals surface area contributed by atoms with Gasteiger partial charge in [0, 0.05) is 6.61 Å². The van der Waals surface area contributed by atoms with Gasteiger partial charge in [0.2, 0.25) is 0 Å². The van der Waals surface area contributed by atoms with Crippen molar-refractivity contribution in [1.82, 2.24) is 0 Å². The first-order valence-corrected chi connectivity index (χ1v) is 5.54. The highest BCUT2D eigenvalue weighted by Crippen LogP contribution is 2.18. The topological polar surface area (TPSA) is 101 Å². The van der Waals surface area contributed by atoms with Crippen LogP contribution in [0.4, 0.5) is 0 Å². The fourth-order valence-electron chi connectivity index (χ4n) is 0.658. The molecule has 0 saturated heterocycles. The number of carboxylic acids is 1. The summed E-state index contributed by atoms with van der Waals surface area (Å²) in [7, 11) is -4.77. The van der Waals surface area contributed by atoms with E-state index in [9.17, 15) is 13.2 Å². The second kappa shape index (κ2) is 4.72. The molecule has 0 amide bonds. The number of carbonyl (C=O) groups is 1. The van der Waals surface area contributed by atoms with Crippen molar-refractivity contribution in [1.29, 1.82) is 0 Å². The second-order valence-corrected chi connectivity index (χ2v) is 4.66. The first-order valence-electron chi connectivity index (χ1n) is 4.10. The fraction of sp³-hybridized carbons (Fsp3) is 0.857. The van der Waals surface area contributed by atoms with Crippen LogP contribution < -0.4 is 0 Å². The van der Waals surface area contributed by atoms with Crippen molar-refractivity contribution in [2.24, 2.45) is 0 Å². The van der Waals surface area contributed by atoms with Gasteiger partial charge in [-0.25, -0.2) is 4.79 Å². The molecular weight excluding hydrogens is 212 g/mol. The van der Waals surface area contributed by atoms with Crippen molar-refractivity contribution in [3.05, 3.63) is 0 Å². The van der Waals surface area contributed by atoms with Crippen LogP contribution in [0, 0.1) is 0 Å². The van der Waals surface area contributed by atoms with Gasteiger partial charge in [-0.15, -0.1) is 0 Å². The summed E-state index contributed by atoms with van der Waals surface area (Å²) in [5, 5.41) is 8.60. The second-order valence-electron chi connectivity index (χ2n) is 2.93. The third kappa shape index (κ3) is 2.93. The molecule has 0 radical (unpaired) electrons. The summed E-state index contributed by atoms with van der Waals surface area (Å²) >= 11 is 0. The summed E-state index contributed by atoms with van der Waals surface area (Å²) < 4.78 is 34.8. The SMILES string of the molecule is CCCCOC(C)(C(=O)O)S(=O)(=O)O. The Morgan fingerprint density at radius 3 is 2.29 bits per heavy atom. The van der Waals surface area contributed by atoms with Crippen molar-refractivity contribution in [2.75, 3.05) is 6.61 Å². The van der Waals surface area contributed by atoms with E-state index in [0.29, 0.717) is 6.42 Å². The Hall–Kier alpha value is -0.660. The van der Waals surface area contributed by atoms with E-state index in [2.05, 4.69) is 4.74 Å². The van der Waals surface area contributed by atoms with Gasteiger partial charge in [-0.2, -0.15) is 8.42 Å². The van der Waals surface area contributed by atoms with Crippen molar-refractivity contribution in [3.8, 4) is 0 Å². The molecule has 0 saturated carbocycles. The minimum absolute atomic E-state index is 0.0287. The Morgan fingerprint density at radius 1 is 1.50 bits per heavy atom. The molecule has 1 atom stereocenters. The maximum atomic E-state index is 10.7. The van der Waals surface area contributed by atoms with Crippen LogP contribution in [0.15, 0.2) is 0 Å². The smallest absolute Gasteiger partial charge is 0.354 e. The Labute approximate surface area is 82.6 Å². The molecule has 2 N–H and O–H groups in total. The molecule has 0 aromatic heterocycles. The average Bonchev–Trinajstić information content (AvgIpc) is 2.02. The van der Waals surface area contributed by atoms with E-state index in [-0.39, 0.29) is 6.61 Å². The Kier molecular flexibility index (Phi) is 4.50. The molecule has 1 unspecified atom stereocenters. The Balaban J connectivity index is 4.68. The third-order valence-electron chi connectivity index (χ3n) is 1.76. The van der Waals surface area contributed by atoms with Gasteiger partial charge in [-0.3, -0.25) is 4.55 Å². The molecule has 0 fully saturated rings. The fourth-order valence-corrected chi connectivity index (χ4v) is 1.11. The quantitative estimate of drug-likeness (QED) is 0.505. The zero-order valence-corrected chi connectivity index (χ0v) is 8.87. The van der Waals surface area contributed by atoms with Gasteiger partial charge < -0.3 is 9.84 Å². The summed E-state index contributed by atoms with van der Waals surface area (Å²) in [5.41, 5.74) is 0. The Bertz CT molecular complexity index is 295. The molecule has 0 aliphatic carbocycles. The zero-order valence-electron chi connectivity index (χ0n) is 8.06. The average molecular weight is 226 g/mol. The van der Waals surface area contributed by atoms with E-state index >= 15 is 0 Å². The van der Waals surface area contributed by atoms with E-state index in [1.807, 2.05) is 6.92 Å². The minimum atomic E-state index is -4.77. The lowest BCUT2D eigenvalue weighted by molar-refractivity contribution is -0.153. The third-order valence-corrected chi connectivity index (χ3v) is 3.03. The summed E-state index contributed by atoms with van der Waals surface area (Å²) in [6, 6.07) is 0. The van der Waals surface area contributed by atoms with Crippen LogP contribution in [0.2, 0.25) is 0 Å². The molecular formula is C7H14O6S. The Morgan fingerprint density at radius 2 is 2.00 bits per heavy atom. The molecule has 0 aliphatic rings. The number of rotatable bonds is 6. The van der Waals surface area contributed by atoms with Crippen LogP contribution in [0.25, 0.3) is 0 Å². The van der Waals surface area contributed by atoms with Crippen LogP contribution >= 0.6 is 0 Å². The summed E-state index contributed by atoms with van der Waals surface area (Å²) in [6.07, 6.45) is 1.26. The highest BCUT2D eigenvalue weighted by atomic mass is 32.2. The lowest BCUT2D eigenvalue weighted by Crippen LogP contribution is -2.46. The number of hydrogen-bond acceptors (Lipinski definition) is 4. The highest BCUT2D eigenvalue weighted by Gasteiger charge is 2.47. The van der Waals surface area contributed by atoms with Crippen molar-refractivity contribution >= 4 is 16.1 Å². The first kappa shape index (κ1) is 13.3. The number of hydrogen-bond donors (Lipinski definition) is 2.